The maximum atomic E-state index is 9.97. The number of benzene rings is 1. The fourth-order valence-corrected chi connectivity index (χ4v) is 2.50. The Morgan fingerprint density at radius 3 is 2.65 bits per heavy atom. The van der Waals surface area contributed by atoms with Gasteiger partial charge in [0.1, 0.15) is 11.6 Å². The minimum atomic E-state index is 0.185. The minimum absolute atomic E-state index is 0.185. The van der Waals surface area contributed by atoms with Crippen LogP contribution in [0.1, 0.15) is 16.8 Å². The van der Waals surface area contributed by atoms with Gasteiger partial charge in [0.05, 0.1) is 5.69 Å². The molecular formula is C13H12NO2S. The molecule has 0 unspecified atom stereocenters. The van der Waals surface area contributed by atoms with Crippen LogP contribution >= 0.6 is 11.3 Å². The summed E-state index contributed by atoms with van der Waals surface area (Å²) in [6, 6.07) is 6.33. The molecule has 17 heavy (non-hydrogen) atoms. The normalized spacial score (nSPS) is 10.2. The van der Waals surface area contributed by atoms with Crippen LogP contribution in [0, 0.1) is 13.8 Å². The van der Waals surface area contributed by atoms with Crippen molar-refractivity contribution < 1.29 is 9.53 Å². The Labute approximate surface area is 104 Å². The lowest BCUT2D eigenvalue weighted by Crippen LogP contribution is -1.90. The topological polar surface area (TPSA) is 39.2 Å². The van der Waals surface area contributed by atoms with E-state index in [9.17, 15) is 4.79 Å². The third-order valence-electron chi connectivity index (χ3n) is 2.30. The molecule has 4 heteroatoms. The second-order valence-electron chi connectivity index (χ2n) is 3.89. The Bertz CT molecular complexity index is 514. The van der Waals surface area contributed by atoms with Gasteiger partial charge in [-0.1, -0.05) is 17.2 Å². The van der Waals surface area contributed by atoms with Gasteiger partial charge in [-0.25, -0.2) is 9.78 Å². The van der Waals surface area contributed by atoms with Crippen molar-refractivity contribution in [3.63, 3.8) is 0 Å². The molecule has 1 aromatic carbocycles. The van der Waals surface area contributed by atoms with E-state index in [1.165, 1.54) is 17.6 Å². The van der Waals surface area contributed by atoms with Gasteiger partial charge in [-0.2, -0.15) is 0 Å². The smallest absolute Gasteiger partial charge is 0.417 e. The largest absolute Gasteiger partial charge is 0.451 e. The van der Waals surface area contributed by atoms with Crippen molar-refractivity contribution in [3.05, 3.63) is 40.4 Å². The van der Waals surface area contributed by atoms with Crippen LogP contribution < -0.4 is 0 Å². The van der Waals surface area contributed by atoms with Crippen molar-refractivity contribution >= 4 is 17.8 Å². The fraction of sp³-hybridized carbons (Fsp3) is 0.231. The maximum Gasteiger partial charge on any atom is 0.417 e. The van der Waals surface area contributed by atoms with E-state index in [0.717, 1.165) is 16.3 Å². The molecular weight excluding hydrogens is 234 g/mol. The number of aryl methyl sites for hydroxylation is 2. The lowest BCUT2D eigenvalue weighted by molar-refractivity contribution is 0.264. The predicted molar refractivity (Wildman–Crippen MR) is 67.5 cm³/mol. The summed E-state index contributed by atoms with van der Waals surface area (Å²) in [6.07, 6.45) is 0. The van der Waals surface area contributed by atoms with Crippen LogP contribution in [0.25, 0.3) is 10.6 Å². The summed E-state index contributed by atoms with van der Waals surface area (Å²) in [5.74, 6) is 0. The number of carbonyl (C=O) groups excluding carboxylic acids is 1. The van der Waals surface area contributed by atoms with Gasteiger partial charge in [-0.05, 0) is 26.0 Å². The van der Waals surface area contributed by atoms with Gasteiger partial charge in [-0.15, -0.1) is 11.3 Å². The van der Waals surface area contributed by atoms with E-state index in [4.69, 9.17) is 0 Å². The summed E-state index contributed by atoms with van der Waals surface area (Å²) in [5, 5.41) is 2.84. The zero-order valence-electron chi connectivity index (χ0n) is 9.69. The predicted octanol–water partition coefficient (Wildman–Crippen LogP) is 3.01. The van der Waals surface area contributed by atoms with Gasteiger partial charge in [0.25, 0.3) is 0 Å². The third-order valence-corrected chi connectivity index (χ3v) is 3.24. The number of thiazole rings is 1. The van der Waals surface area contributed by atoms with Crippen LogP contribution in [-0.2, 0) is 16.1 Å². The van der Waals surface area contributed by atoms with E-state index in [0.29, 0.717) is 0 Å². The zero-order valence-corrected chi connectivity index (χ0v) is 10.5. The van der Waals surface area contributed by atoms with Crippen LogP contribution in [0.4, 0.5) is 0 Å². The summed E-state index contributed by atoms with van der Waals surface area (Å²) in [5.41, 5.74) is 4.30. The molecule has 0 bridgehead atoms. The first-order chi connectivity index (χ1) is 8.19. The summed E-state index contributed by atoms with van der Waals surface area (Å²) in [6.45, 7) is 5.71. The Hall–Kier alpha value is -1.68. The SMILES string of the molecule is Cc1cc(C)cc(-c2nc(CO[C]=O)cs2)c1. The number of ether oxygens (including phenoxy) is 1. The highest BCUT2D eigenvalue weighted by Gasteiger charge is 2.06. The standard InChI is InChI=1S/C13H12NO2S/c1-9-3-10(2)5-11(4-9)13-14-12(7-17-13)6-16-8-15/h3-5,7H,6H2,1-2H3. The molecule has 0 aliphatic rings. The highest BCUT2D eigenvalue weighted by Crippen LogP contribution is 2.25. The average molecular weight is 246 g/mol. The quantitative estimate of drug-likeness (QED) is 0.832. The number of hydrogen-bond donors (Lipinski definition) is 0. The molecule has 2 aromatic rings. The highest BCUT2D eigenvalue weighted by atomic mass is 32.1. The van der Waals surface area contributed by atoms with Crippen molar-refractivity contribution in [1.82, 2.24) is 4.98 Å². The molecule has 0 saturated heterocycles. The number of hydrogen-bond acceptors (Lipinski definition) is 4. The molecule has 1 radical (unpaired) electrons. The van der Waals surface area contributed by atoms with E-state index >= 15 is 0 Å². The first kappa shape index (κ1) is 11.8. The average Bonchev–Trinajstić information content (AvgIpc) is 2.73. The highest BCUT2D eigenvalue weighted by molar-refractivity contribution is 7.13. The van der Waals surface area contributed by atoms with Crippen LogP contribution in [0.3, 0.4) is 0 Å². The molecule has 0 N–H and O–H groups in total. The Morgan fingerprint density at radius 2 is 2.00 bits per heavy atom. The second-order valence-corrected chi connectivity index (χ2v) is 4.75. The molecule has 3 nitrogen and oxygen atoms in total. The van der Waals surface area contributed by atoms with Crippen LogP contribution in [-0.4, -0.2) is 11.5 Å². The third kappa shape index (κ3) is 2.91. The lowest BCUT2D eigenvalue weighted by Gasteiger charge is -2.01. The molecule has 0 atom stereocenters. The van der Waals surface area contributed by atoms with Crippen molar-refractivity contribution in [2.75, 3.05) is 0 Å². The fourth-order valence-electron chi connectivity index (χ4n) is 1.71. The number of aromatic nitrogens is 1. The molecule has 1 heterocycles. The van der Waals surface area contributed by atoms with Crippen LogP contribution in [0.15, 0.2) is 23.6 Å². The summed E-state index contributed by atoms with van der Waals surface area (Å²) in [7, 11) is 0. The lowest BCUT2D eigenvalue weighted by atomic mass is 10.1. The van der Waals surface area contributed by atoms with E-state index in [2.05, 4.69) is 41.8 Å². The van der Waals surface area contributed by atoms with Crippen molar-refractivity contribution in [2.24, 2.45) is 0 Å². The Balaban J connectivity index is 2.26. The molecule has 0 saturated carbocycles. The molecule has 0 aliphatic heterocycles. The molecule has 0 spiro atoms. The summed E-state index contributed by atoms with van der Waals surface area (Å²) >= 11 is 1.55. The first-order valence-electron chi connectivity index (χ1n) is 5.21. The van der Waals surface area contributed by atoms with Gasteiger partial charge < -0.3 is 4.74 Å². The zero-order chi connectivity index (χ0) is 12.3. The molecule has 0 fully saturated rings. The molecule has 0 amide bonds. The van der Waals surface area contributed by atoms with E-state index in [1.54, 1.807) is 11.3 Å². The van der Waals surface area contributed by atoms with Gasteiger partial charge in [0, 0.05) is 10.9 Å². The van der Waals surface area contributed by atoms with Gasteiger partial charge in [-0.3, -0.25) is 0 Å². The van der Waals surface area contributed by atoms with Crippen LogP contribution in [0.2, 0.25) is 0 Å². The van der Waals surface area contributed by atoms with Crippen molar-refractivity contribution in [2.45, 2.75) is 20.5 Å². The van der Waals surface area contributed by atoms with E-state index < -0.39 is 0 Å². The molecule has 87 valence electrons. The van der Waals surface area contributed by atoms with Crippen LogP contribution in [0.5, 0.6) is 0 Å². The van der Waals surface area contributed by atoms with Gasteiger partial charge >= 0.3 is 6.47 Å². The summed E-state index contributed by atoms with van der Waals surface area (Å²) in [4.78, 5) is 14.4. The maximum absolute atomic E-state index is 9.97. The first-order valence-corrected chi connectivity index (χ1v) is 6.09. The Kier molecular flexibility index (Phi) is 3.54. The monoisotopic (exact) mass is 246 g/mol. The van der Waals surface area contributed by atoms with Gasteiger partial charge in [0.2, 0.25) is 0 Å². The second kappa shape index (κ2) is 5.10. The Morgan fingerprint density at radius 1 is 1.29 bits per heavy atom. The minimum Gasteiger partial charge on any atom is -0.451 e. The number of nitrogens with zero attached hydrogens (tertiary/aromatic N) is 1. The van der Waals surface area contributed by atoms with E-state index in [1.807, 2.05) is 5.38 Å². The summed E-state index contributed by atoms with van der Waals surface area (Å²) < 4.78 is 4.55. The molecule has 1 aromatic heterocycles. The molecule has 0 aliphatic carbocycles. The van der Waals surface area contributed by atoms with E-state index in [-0.39, 0.29) is 6.61 Å². The number of rotatable bonds is 4. The van der Waals surface area contributed by atoms with Crippen molar-refractivity contribution in [1.29, 1.82) is 0 Å². The van der Waals surface area contributed by atoms with Crippen molar-refractivity contribution in [3.8, 4) is 10.6 Å². The molecule has 2 rings (SSSR count). The van der Waals surface area contributed by atoms with Gasteiger partial charge in [0.15, 0.2) is 0 Å².